The third kappa shape index (κ3) is 2.23. The molecule has 0 unspecified atom stereocenters. The lowest BCUT2D eigenvalue weighted by Gasteiger charge is -2.06. The monoisotopic (exact) mass is 320 g/mol. The predicted molar refractivity (Wildman–Crippen MR) is 62.9 cm³/mol. The summed E-state index contributed by atoms with van der Waals surface area (Å²) in [5.41, 5.74) is -1.17. The summed E-state index contributed by atoms with van der Waals surface area (Å²) in [7, 11) is 0. The van der Waals surface area contributed by atoms with E-state index in [9.17, 15) is 13.6 Å². The molecular formula is C10H4BrClF2N2O. The number of aromatic amines is 1. The molecule has 0 amide bonds. The Hall–Kier alpha value is -1.27. The predicted octanol–water partition coefficient (Wildman–Crippen LogP) is 3.13. The van der Waals surface area contributed by atoms with Crippen LogP contribution in [-0.2, 0) is 0 Å². The molecule has 0 saturated heterocycles. The molecule has 0 saturated carbocycles. The van der Waals surface area contributed by atoms with Crippen LogP contribution in [-0.4, -0.2) is 9.97 Å². The molecule has 1 N–H and O–H groups in total. The number of rotatable bonds is 1. The van der Waals surface area contributed by atoms with E-state index in [0.717, 1.165) is 6.20 Å². The molecule has 0 aliphatic rings. The van der Waals surface area contributed by atoms with Crippen LogP contribution in [0.5, 0.6) is 0 Å². The normalized spacial score (nSPS) is 10.6. The van der Waals surface area contributed by atoms with Crippen LogP contribution in [0.1, 0.15) is 0 Å². The molecule has 0 fully saturated rings. The minimum absolute atomic E-state index is 0.129. The average molecular weight is 322 g/mol. The molecule has 0 atom stereocenters. The van der Waals surface area contributed by atoms with E-state index in [1.165, 1.54) is 12.1 Å². The van der Waals surface area contributed by atoms with E-state index >= 15 is 0 Å². The highest BCUT2D eigenvalue weighted by atomic mass is 79.9. The lowest BCUT2D eigenvalue weighted by atomic mass is 10.1. The fourth-order valence-electron chi connectivity index (χ4n) is 1.29. The van der Waals surface area contributed by atoms with Gasteiger partial charge in [0.2, 0.25) is 0 Å². The van der Waals surface area contributed by atoms with Crippen LogP contribution < -0.4 is 5.69 Å². The van der Waals surface area contributed by atoms with Crippen molar-refractivity contribution in [1.82, 2.24) is 9.97 Å². The molecule has 0 bridgehead atoms. The van der Waals surface area contributed by atoms with Crippen LogP contribution in [0.4, 0.5) is 8.78 Å². The Labute approximate surface area is 108 Å². The summed E-state index contributed by atoms with van der Waals surface area (Å²) in [5.74, 6) is -1.65. The Morgan fingerprint density at radius 2 is 2.06 bits per heavy atom. The van der Waals surface area contributed by atoms with Gasteiger partial charge in [-0.1, -0.05) is 11.6 Å². The van der Waals surface area contributed by atoms with Crippen LogP contribution in [0.3, 0.4) is 0 Å². The maximum absolute atomic E-state index is 13.8. The first kappa shape index (κ1) is 12.2. The summed E-state index contributed by atoms with van der Waals surface area (Å²) in [6, 6.07) is 2.76. The summed E-state index contributed by atoms with van der Waals surface area (Å²) in [5, 5.41) is -0.181. The molecular weight excluding hydrogens is 317 g/mol. The van der Waals surface area contributed by atoms with Crippen LogP contribution >= 0.6 is 27.5 Å². The van der Waals surface area contributed by atoms with Crippen molar-refractivity contribution in [1.29, 1.82) is 0 Å². The Kier molecular flexibility index (Phi) is 3.26. The number of nitrogens with one attached hydrogen (secondary N) is 1. The van der Waals surface area contributed by atoms with Gasteiger partial charge in [-0.05, 0) is 28.1 Å². The highest BCUT2D eigenvalue weighted by molar-refractivity contribution is 9.10. The Balaban J connectivity index is 2.73. The summed E-state index contributed by atoms with van der Waals surface area (Å²) < 4.78 is 27.5. The summed E-state index contributed by atoms with van der Waals surface area (Å²) in [4.78, 5) is 16.3. The first-order valence-electron chi connectivity index (χ1n) is 4.39. The van der Waals surface area contributed by atoms with Crippen LogP contribution in [0.15, 0.2) is 27.6 Å². The van der Waals surface area contributed by atoms with E-state index in [1.54, 1.807) is 0 Å². The first-order chi connectivity index (χ1) is 8.00. The number of benzene rings is 1. The molecule has 17 heavy (non-hydrogen) atoms. The lowest BCUT2D eigenvalue weighted by molar-refractivity contribution is 0.604. The third-order valence-electron chi connectivity index (χ3n) is 2.07. The van der Waals surface area contributed by atoms with Gasteiger partial charge < -0.3 is 4.98 Å². The minimum Gasteiger partial charge on any atom is -0.303 e. The van der Waals surface area contributed by atoms with Crippen LogP contribution in [0.2, 0.25) is 5.02 Å². The van der Waals surface area contributed by atoms with Crippen molar-refractivity contribution in [3.63, 3.8) is 0 Å². The van der Waals surface area contributed by atoms with Crippen molar-refractivity contribution < 1.29 is 8.78 Å². The molecule has 1 aromatic carbocycles. The van der Waals surface area contributed by atoms with Crippen molar-refractivity contribution in [2.45, 2.75) is 0 Å². The maximum Gasteiger partial charge on any atom is 0.345 e. The van der Waals surface area contributed by atoms with E-state index in [4.69, 9.17) is 11.6 Å². The zero-order valence-corrected chi connectivity index (χ0v) is 10.4. The number of hydrogen-bond donors (Lipinski definition) is 1. The van der Waals surface area contributed by atoms with Crippen molar-refractivity contribution >= 4 is 27.5 Å². The van der Waals surface area contributed by atoms with E-state index in [1.807, 2.05) is 0 Å². The fourth-order valence-corrected chi connectivity index (χ4v) is 1.76. The number of nitrogens with zero attached hydrogens (tertiary/aromatic N) is 1. The van der Waals surface area contributed by atoms with E-state index < -0.39 is 17.3 Å². The molecule has 1 heterocycles. The Morgan fingerprint density at radius 1 is 1.35 bits per heavy atom. The van der Waals surface area contributed by atoms with Gasteiger partial charge in [0, 0.05) is 10.0 Å². The number of halogens is 4. The van der Waals surface area contributed by atoms with E-state index in [0.29, 0.717) is 4.47 Å². The molecule has 2 aromatic rings. The van der Waals surface area contributed by atoms with Crippen molar-refractivity contribution in [3.05, 3.63) is 49.9 Å². The number of H-pyrrole nitrogens is 1. The van der Waals surface area contributed by atoms with Gasteiger partial charge in [-0.3, -0.25) is 0 Å². The highest BCUT2D eigenvalue weighted by Crippen LogP contribution is 2.32. The summed E-state index contributed by atoms with van der Waals surface area (Å²) in [6.45, 7) is 0. The van der Waals surface area contributed by atoms with Crippen LogP contribution in [0, 0.1) is 11.6 Å². The minimum atomic E-state index is -0.832. The molecule has 0 radical (unpaired) electrons. The van der Waals surface area contributed by atoms with Gasteiger partial charge in [0.05, 0.1) is 16.9 Å². The first-order valence-corrected chi connectivity index (χ1v) is 5.56. The van der Waals surface area contributed by atoms with Crippen molar-refractivity contribution in [3.8, 4) is 11.3 Å². The number of aromatic nitrogens is 2. The molecule has 2 rings (SSSR count). The third-order valence-corrected chi connectivity index (χ3v) is 3.33. The molecule has 1 aromatic heterocycles. The molecule has 7 heteroatoms. The van der Waals surface area contributed by atoms with Gasteiger partial charge in [-0.2, -0.15) is 4.98 Å². The van der Waals surface area contributed by atoms with Gasteiger partial charge in [0.1, 0.15) is 0 Å². The average Bonchev–Trinajstić information content (AvgIpc) is 2.30. The van der Waals surface area contributed by atoms with E-state index in [2.05, 4.69) is 25.9 Å². The number of hydrogen-bond acceptors (Lipinski definition) is 2. The van der Waals surface area contributed by atoms with E-state index in [-0.39, 0.29) is 16.3 Å². The Bertz CT molecular complexity index is 645. The van der Waals surface area contributed by atoms with Gasteiger partial charge in [-0.25, -0.2) is 13.6 Å². The molecule has 3 nitrogen and oxygen atoms in total. The van der Waals surface area contributed by atoms with Crippen LogP contribution in [0.25, 0.3) is 11.3 Å². The molecule has 88 valence electrons. The second-order valence-electron chi connectivity index (χ2n) is 3.13. The maximum atomic E-state index is 13.8. The van der Waals surface area contributed by atoms with Crippen molar-refractivity contribution in [2.75, 3.05) is 0 Å². The largest absolute Gasteiger partial charge is 0.345 e. The summed E-state index contributed by atoms with van der Waals surface area (Å²) >= 11 is 8.71. The van der Waals surface area contributed by atoms with Gasteiger partial charge >= 0.3 is 5.69 Å². The van der Waals surface area contributed by atoms with Gasteiger partial charge in [0.15, 0.2) is 11.6 Å². The topological polar surface area (TPSA) is 45.8 Å². The smallest absolute Gasteiger partial charge is 0.303 e. The second-order valence-corrected chi connectivity index (χ2v) is 4.37. The standard InChI is InChI=1S/C10H4BrClF2N2O/c11-5-2-1-4(8(14)7(5)12)9-6(13)3-15-10(17)16-9/h1-3H,(H,15,16,17). The quantitative estimate of drug-likeness (QED) is 0.820. The lowest BCUT2D eigenvalue weighted by Crippen LogP contribution is -2.12. The molecule has 0 spiro atoms. The molecule has 0 aliphatic carbocycles. The SMILES string of the molecule is O=c1ncc(F)c(-c2ccc(Br)c(Cl)c2F)[nH]1. The zero-order chi connectivity index (χ0) is 12.6. The zero-order valence-electron chi connectivity index (χ0n) is 8.10. The van der Waals surface area contributed by atoms with Gasteiger partial charge in [0.25, 0.3) is 0 Å². The highest BCUT2D eigenvalue weighted by Gasteiger charge is 2.15. The second kappa shape index (κ2) is 4.54. The molecule has 0 aliphatic heterocycles. The van der Waals surface area contributed by atoms with Crippen molar-refractivity contribution in [2.24, 2.45) is 0 Å². The summed E-state index contributed by atoms with van der Waals surface area (Å²) in [6.07, 6.45) is 0.726. The van der Waals surface area contributed by atoms with Gasteiger partial charge in [-0.15, -0.1) is 0 Å². The fraction of sp³-hybridized carbons (Fsp3) is 0. The Morgan fingerprint density at radius 3 is 2.76 bits per heavy atom.